The van der Waals surface area contributed by atoms with E-state index >= 15 is 0 Å². The number of carbonyl (C=O) groups is 6. The van der Waals surface area contributed by atoms with Gasteiger partial charge in [0.1, 0.15) is 24.7 Å². The van der Waals surface area contributed by atoms with Crippen molar-refractivity contribution < 1.29 is 28.8 Å². The highest BCUT2D eigenvalue weighted by molar-refractivity contribution is 6.05. The van der Waals surface area contributed by atoms with Crippen LogP contribution >= 0.6 is 0 Å². The Bertz CT molecular complexity index is 1630. The predicted molar refractivity (Wildman–Crippen MR) is 198 cm³/mol. The van der Waals surface area contributed by atoms with Crippen LogP contribution in [0.1, 0.15) is 51.2 Å². The molecule has 0 aliphatic rings. The summed E-state index contributed by atoms with van der Waals surface area (Å²) in [5.74, 6) is -4.79. The standard InChI is InChI=1S/C35H49N11O6/c1-21(2)18-27(32(51)44-26(31(36)50)10-7-17-41-34(37)38)45-33(52)28(19-24-11-14-25(15-12-24)42-35(39)40)43-29(48)20-46(22(3)47)30(49)16-13-23-8-5-4-6-9-23/h4-6,8-9,11-16,21,26-28H,7,10,17-20H2,1-3H3,(H2,36,50)(H,43,48)(H,44,51)(H,45,52)(H4,37,38,41)(H4,39,40,42)/b16-13+/t26-,27-,28-/m0/s1. The van der Waals surface area contributed by atoms with E-state index in [2.05, 4.69) is 25.9 Å². The molecule has 2 aromatic carbocycles. The van der Waals surface area contributed by atoms with Crippen molar-refractivity contribution >= 4 is 59.1 Å². The van der Waals surface area contributed by atoms with Gasteiger partial charge in [-0.2, -0.15) is 0 Å². The number of carbonyl (C=O) groups excluding carboxylic acids is 6. The monoisotopic (exact) mass is 719 g/mol. The average Bonchev–Trinajstić information content (AvgIpc) is 3.07. The van der Waals surface area contributed by atoms with Gasteiger partial charge in [0, 0.05) is 26.0 Å². The summed E-state index contributed by atoms with van der Waals surface area (Å²) in [6.45, 7) is 4.34. The molecule has 0 fully saturated rings. The molecule has 13 N–H and O–H groups in total. The van der Waals surface area contributed by atoms with Crippen LogP contribution < -0.4 is 44.6 Å². The lowest BCUT2D eigenvalue weighted by atomic mass is 10.00. The highest BCUT2D eigenvalue weighted by Gasteiger charge is 2.30. The Morgan fingerprint density at radius 2 is 1.40 bits per heavy atom. The molecular formula is C35H49N11O6. The molecule has 2 aromatic rings. The van der Waals surface area contributed by atoms with E-state index in [1.54, 1.807) is 48.5 Å². The van der Waals surface area contributed by atoms with Crippen LogP contribution in [-0.2, 0) is 35.2 Å². The minimum Gasteiger partial charge on any atom is -0.370 e. The van der Waals surface area contributed by atoms with Crippen LogP contribution in [0.3, 0.4) is 0 Å². The van der Waals surface area contributed by atoms with Gasteiger partial charge >= 0.3 is 0 Å². The number of benzene rings is 2. The summed E-state index contributed by atoms with van der Waals surface area (Å²) in [6, 6.07) is 11.9. The number of nitrogens with two attached hydrogens (primary N) is 5. The first-order chi connectivity index (χ1) is 24.5. The molecule has 17 nitrogen and oxygen atoms in total. The van der Waals surface area contributed by atoms with Crippen LogP contribution in [0.15, 0.2) is 70.7 Å². The van der Waals surface area contributed by atoms with Crippen LogP contribution in [0, 0.1) is 5.92 Å². The molecule has 3 atom stereocenters. The van der Waals surface area contributed by atoms with Gasteiger partial charge in [0.05, 0.1) is 5.69 Å². The van der Waals surface area contributed by atoms with Crippen molar-refractivity contribution in [3.63, 3.8) is 0 Å². The topological polar surface area (TPSA) is 297 Å². The number of rotatable bonds is 19. The van der Waals surface area contributed by atoms with E-state index in [0.29, 0.717) is 23.2 Å². The second kappa shape index (κ2) is 21.1. The second-order valence-electron chi connectivity index (χ2n) is 12.3. The Labute approximate surface area is 302 Å². The van der Waals surface area contributed by atoms with Gasteiger partial charge in [-0.25, -0.2) is 4.99 Å². The molecule has 0 unspecified atom stereocenters. The molecule has 0 aliphatic carbocycles. The van der Waals surface area contributed by atoms with Gasteiger partial charge in [0.15, 0.2) is 11.9 Å². The Kier molecular flexibility index (Phi) is 17.0. The first kappa shape index (κ1) is 41.9. The Balaban J connectivity index is 2.32. The van der Waals surface area contributed by atoms with E-state index in [-0.39, 0.29) is 43.6 Å². The van der Waals surface area contributed by atoms with E-state index in [0.717, 1.165) is 11.8 Å². The lowest BCUT2D eigenvalue weighted by Gasteiger charge is -2.26. The summed E-state index contributed by atoms with van der Waals surface area (Å²) in [5, 5.41) is 7.88. The van der Waals surface area contributed by atoms with E-state index in [1.807, 2.05) is 19.9 Å². The maximum absolute atomic E-state index is 13.8. The molecule has 0 aliphatic heterocycles. The average molecular weight is 720 g/mol. The maximum Gasteiger partial charge on any atom is 0.253 e. The van der Waals surface area contributed by atoms with Gasteiger partial charge in [0.2, 0.25) is 29.5 Å². The van der Waals surface area contributed by atoms with E-state index in [4.69, 9.17) is 28.7 Å². The minimum absolute atomic E-state index is 0.0632. The molecule has 0 spiro atoms. The fourth-order valence-electron chi connectivity index (χ4n) is 4.89. The van der Waals surface area contributed by atoms with Gasteiger partial charge < -0.3 is 44.6 Å². The lowest BCUT2D eigenvalue weighted by molar-refractivity contribution is -0.144. The highest BCUT2D eigenvalue weighted by Crippen LogP contribution is 2.15. The summed E-state index contributed by atoms with van der Waals surface area (Å²) in [7, 11) is 0. The number of aliphatic imine (C=N–C) groups is 2. The van der Waals surface area contributed by atoms with Crippen LogP contribution in [0.5, 0.6) is 0 Å². The Morgan fingerprint density at radius 1 is 0.788 bits per heavy atom. The van der Waals surface area contributed by atoms with Crippen molar-refractivity contribution in [2.24, 2.45) is 44.6 Å². The molecular weight excluding hydrogens is 670 g/mol. The van der Waals surface area contributed by atoms with Crippen LogP contribution in [0.4, 0.5) is 5.69 Å². The van der Waals surface area contributed by atoms with Crippen molar-refractivity contribution in [3.8, 4) is 0 Å². The first-order valence-electron chi connectivity index (χ1n) is 16.5. The third-order valence-electron chi connectivity index (χ3n) is 7.40. The number of imide groups is 1. The zero-order valence-electron chi connectivity index (χ0n) is 29.6. The highest BCUT2D eigenvalue weighted by atomic mass is 16.2. The summed E-state index contributed by atoms with van der Waals surface area (Å²) < 4.78 is 0. The van der Waals surface area contributed by atoms with Crippen LogP contribution in [-0.4, -0.2) is 83.5 Å². The Morgan fingerprint density at radius 3 is 1.96 bits per heavy atom. The van der Waals surface area contributed by atoms with Crippen molar-refractivity contribution in [1.82, 2.24) is 20.9 Å². The van der Waals surface area contributed by atoms with Crippen LogP contribution in [0.2, 0.25) is 0 Å². The van der Waals surface area contributed by atoms with Gasteiger partial charge in [0.25, 0.3) is 5.91 Å². The van der Waals surface area contributed by atoms with Crippen molar-refractivity contribution in [2.75, 3.05) is 13.1 Å². The molecule has 0 aromatic heterocycles. The molecule has 0 bridgehead atoms. The van der Waals surface area contributed by atoms with Gasteiger partial charge in [-0.3, -0.25) is 38.7 Å². The van der Waals surface area contributed by atoms with E-state index in [1.165, 1.54) is 12.2 Å². The van der Waals surface area contributed by atoms with Gasteiger partial charge in [-0.05, 0) is 54.5 Å². The first-order valence-corrected chi connectivity index (χ1v) is 16.5. The normalized spacial score (nSPS) is 12.5. The fraction of sp³-hybridized carbons (Fsp3) is 0.371. The molecule has 0 heterocycles. The number of guanidine groups is 2. The van der Waals surface area contributed by atoms with Gasteiger partial charge in [-0.1, -0.05) is 56.3 Å². The van der Waals surface area contributed by atoms with E-state index in [9.17, 15) is 28.8 Å². The zero-order valence-corrected chi connectivity index (χ0v) is 29.6. The number of amides is 6. The molecule has 0 radical (unpaired) electrons. The molecule has 17 heteroatoms. The number of nitrogens with zero attached hydrogens (tertiary/aromatic N) is 3. The van der Waals surface area contributed by atoms with E-state index < -0.39 is 60.1 Å². The second-order valence-corrected chi connectivity index (χ2v) is 12.3. The number of nitrogens with one attached hydrogen (secondary N) is 3. The lowest BCUT2D eigenvalue weighted by Crippen LogP contribution is -2.57. The molecule has 6 amide bonds. The summed E-state index contributed by atoms with van der Waals surface area (Å²) in [5.41, 5.74) is 28.9. The third-order valence-corrected chi connectivity index (χ3v) is 7.40. The quantitative estimate of drug-likeness (QED) is 0.0389. The summed E-state index contributed by atoms with van der Waals surface area (Å²) >= 11 is 0. The van der Waals surface area contributed by atoms with Gasteiger partial charge in [-0.15, -0.1) is 0 Å². The molecule has 0 saturated carbocycles. The summed E-state index contributed by atoms with van der Waals surface area (Å²) in [4.78, 5) is 86.7. The zero-order chi connectivity index (χ0) is 38.8. The molecule has 0 saturated heterocycles. The molecule has 280 valence electrons. The SMILES string of the molecule is CC(=O)N(CC(=O)N[C@@H](Cc1ccc(N=C(N)N)cc1)C(=O)N[C@@H](CC(C)C)C(=O)N[C@@H](CCCN=C(N)N)C(N)=O)C(=O)/C=C/c1ccccc1. The molecule has 52 heavy (non-hydrogen) atoms. The minimum atomic E-state index is -1.28. The van der Waals surface area contributed by atoms with Crippen molar-refractivity contribution in [3.05, 3.63) is 71.8 Å². The Hall–Kier alpha value is -6.26. The smallest absolute Gasteiger partial charge is 0.253 e. The number of primary amides is 1. The maximum atomic E-state index is 13.8. The van der Waals surface area contributed by atoms with Crippen molar-refractivity contribution in [1.29, 1.82) is 0 Å². The van der Waals surface area contributed by atoms with Crippen molar-refractivity contribution in [2.45, 2.75) is 64.6 Å². The fourth-order valence-corrected chi connectivity index (χ4v) is 4.89. The summed E-state index contributed by atoms with van der Waals surface area (Å²) in [6.07, 6.45) is 3.26. The largest absolute Gasteiger partial charge is 0.370 e. The molecule has 2 rings (SSSR count). The number of hydrogen-bond donors (Lipinski definition) is 8. The number of hydrogen-bond acceptors (Lipinski definition) is 8. The third kappa shape index (κ3) is 15.5. The predicted octanol–water partition coefficient (Wildman–Crippen LogP) is -0.738. The van der Waals surface area contributed by atoms with Crippen LogP contribution in [0.25, 0.3) is 6.08 Å².